The summed E-state index contributed by atoms with van der Waals surface area (Å²) in [6.07, 6.45) is 0.456. The van der Waals surface area contributed by atoms with Crippen molar-refractivity contribution in [2.75, 3.05) is 11.4 Å². The number of anilines is 1. The van der Waals surface area contributed by atoms with E-state index in [9.17, 15) is 13.2 Å². The Balaban J connectivity index is 1.79. The number of hydrogen-bond acceptors (Lipinski definition) is 3. The van der Waals surface area contributed by atoms with Crippen molar-refractivity contribution in [3.05, 3.63) is 59.7 Å². The molecule has 1 saturated heterocycles. The van der Waals surface area contributed by atoms with Gasteiger partial charge in [-0.3, -0.25) is 4.79 Å². The van der Waals surface area contributed by atoms with E-state index in [4.69, 9.17) is 0 Å². The normalized spacial score (nSPS) is 18.2. The lowest BCUT2D eigenvalue weighted by Crippen LogP contribution is -2.41. The van der Waals surface area contributed by atoms with E-state index >= 15 is 0 Å². The number of carbonyl (C=O) groups is 1. The Hall–Kier alpha value is -2.18. The van der Waals surface area contributed by atoms with Gasteiger partial charge in [0.25, 0.3) is 0 Å². The molecule has 0 saturated carbocycles. The van der Waals surface area contributed by atoms with Crippen LogP contribution >= 0.6 is 0 Å². The molecule has 24 heavy (non-hydrogen) atoms. The van der Waals surface area contributed by atoms with Crippen molar-refractivity contribution in [1.29, 1.82) is 0 Å². The number of carbonyl (C=O) groups excluding carboxylic acids is 1. The van der Waals surface area contributed by atoms with Gasteiger partial charge in [0, 0.05) is 12.2 Å². The number of sulfonamides is 1. The van der Waals surface area contributed by atoms with E-state index in [1.807, 2.05) is 32.0 Å². The molecule has 5 nitrogen and oxygen atoms in total. The molecule has 1 N–H and O–H groups in total. The van der Waals surface area contributed by atoms with Gasteiger partial charge in [-0.2, -0.15) is 4.72 Å². The SMILES string of the molecule is Cc1cc(C)cc(N2CC[C@@H](NS(=O)(=O)c3ccccc3)C2=O)c1. The molecule has 0 aromatic heterocycles. The van der Waals surface area contributed by atoms with E-state index in [0.717, 1.165) is 16.8 Å². The van der Waals surface area contributed by atoms with Crippen LogP contribution in [0.5, 0.6) is 0 Å². The minimum absolute atomic E-state index is 0.169. The van der Waals surface area contributed by atoms with Gasteiger partial charge < -0.3 is 4.90 Å². The topological polar surface area (TPSA) is 66.5 Å². The molecular formula is C18H20N2O3S. The molecule has 2 aromatic carbocycles. The number of amides is 1. The first-order valence-corrected chi connectivity index (χ1v) is 9.32. The highest BCUT2D eigenvalue weighted by atomic mass is 32.2. The molecule has 0 radical (unpaired) electrons. The minimum Gasteiger partial charge on any atom is -0.311 e. The average Bonchev–Trinajstić information content (AvgIpc) is 2.88. The third-order valence-electron chi connectivity index (χ3n) is 4.07. The van der Waals surface area contributed by atoms with Gasteiger partial charge in [-0.15, -0.1) is 0 Å². The monoisotopic (exact) mass is 344 g/mol. The van der Waals surface area contributed by atoms with Crippen LogP contribution < -0.4 is 9.62 Å². The van der Waals surface area contributed by atoms with Crippen molar-refractivity contribution in [2.24, 2.45) is 0 Å². The van der Waals surface area contributed by atoms with Crippen LogP contribution in [0.25, 0.3) is 0 Å². The number of nitrogens with one attached hydrogen (secondary N) is 1. The molecule has 0 spiro atoms. The van der Waals surface area contributed by atoms with E-state index in [0.29, 0.717) is 13.0 Å². The summed E-state index contributed by atoms with van der Waals surface area (Å²) >= 11 is 0. The molecule has 1 aliphatic heterocycles. The molecule has 3 rings (SSSR count). The quantitative estimate of drug-likeness (QED) is 0.926. The molecule has 1 heterocycles. The molecule has 1 fully saturated rings. The zero-order chi connectivity index (χ0) is 17.3. The number of nitrogens with zero attached hydrogens (tertiary/aromatic N) is 1. The summed E-state index contributed by atoms with van der Waals surface area (Å²) in [4.78, 5) is 14.5. The Kier molecular flexibility index (Phi) is 4.43. The summed E-state index contributed by atoms with van der Waals surface area (Å²) < 4.78 is 27.3. The zero-order valence-corrected chi connectivity index (χ0v) is 14.5. The summed E-state index contributed by atoms with van der Waals surface area (Å²) in [5.41, 5.74) is 2.97. The molecule has 6 heteroatoms. The lowest BCUT2D eigenvalue weighted by atomic mass is 10.1. The first kappa shape index (κ1) is 16.7. The first-order chi connectivity index (χ1) is 11.4. The maximum Gasteiger partial charge on any atom is 0.245 e. The van der Waals surface area contributed by atoms with E-state index in [1.165, 1.54) is 12.1 Å². The van der Waals surface area contributed by atoms with Crippen LogP contribution in [0.1, 0.15) is 17.5 Å². The lowest BCUT2D eigenvalue weighted by Gasteiger charge is -2.18. The Morgan fingerprint density at radius 1 is 1.04 bits per heavy atom. The second-order valence-electron chi connectivity index (χ2n) is 6.11. The molecule has 126 valence electrons. The molecular weight excluding hydrogens is 324 g/mol. The highest BCUT2D eigenvalue weighted by Crippen LogP contribution is 2.25. The Morgan fingerprint density at radius 2 is 1.67 bits per heavy atom. The highest BCUT2D eigenvalue weighted by molar-refractivity contribution is 7.89. The Morgan fingerprint density at radius 3 is 2.29 bits per heavy atom. The molecule has 0 bridgehead atoms. The molecule has 1 amide bonds. The van der Waals surface area contributed by atoms with Gasteiger partial charge >= 0.3 is 0 Å². The predicted octanol–water partition coefficient (Wildman–Crippen LogP) is 2.39. The number of aryl methyl sites for hydroxylation is 2. The fraction of sp³-hybridized carbons (Fsp3) is 0.278. The van der Waals surface area contributed by atoms with Gasteiger partial charge in [0.05, 0.1) is 4.90 Å². The molecule has 0 unspecified atom stereocenters. The summed E-state index contributed by atoms with van der Waals surface area (Å²) in [7, 11) is -3.70. The molecule has 1 atom stereocenters. The fourth-order valence-corrected chi connectivity index (χ4v) is 4.25. The van der Waals surface area contributed by atoms with E-state index < -0.39 is 16.1 Å². The summed E-state index contributed by atoms with van der Waals surface area (Å²) in [5, 5.41) is 0. The van der Waals surface area contributed by atoms with Gasteiger partial charge in [-0.05, 0) is 55.7 Å². The average molecular weight is 344 g/mol. The van der Waals surface area contributed by atoms with Gasteiger partial charge in [0.1, 0.15) is 6.04 Å². The summed E-state index contributed by atoms with van der Waals surface area (Å²) in [6, 6.07) is 13.3. The molecule has 1 aliphatic rings. The van der Waals surface area contributed by atoms with Crippen LogP contribution in [0.15, 0.2) is 53.4 Å². The fourth-order valence-electron chi connectivity index (χ4n) is 3.01. The van der Waals surface area contributed by atoms with Gasteiger partial charge in [0.15, 0.2) is 0 Å². The number of rotatable bonds is 4. The van der Waals surface area contributed by atoms with Crippen molar-refractivity contribution in [3.63, 3.8) is 0 Å². The summed E-state index contributed by atoms with van der Waals surface area (Å²) in [5.74, 6) is -0.209. The van der Waals surface area contributed by atoms with Crippen LogP contribution in [0.3, 0.4) is 0 Å². The second-order valence-corrected chi connectivity index (χ2v) is 7.83. The molecule has 0 aliphatic carbocycles. The smallest absolute Gasteiger partial charge is 0.245 e. The van der Waals surface area contributed by atoms with Crippen molar-refractivity contribution >= 4 is 21.6 Å². The van der Waals surface area contributed by atoms with Crippen LogP contribution in [0.2, 0.25) is 0 Å². The highest BCUT2D eigenvalue weighted by Gasteiger charge is 2.35. The number of benzene rings is 2. The molecule has 2 aromatic rings. The van der Waals surface area contributed by atoms with Crippen molar-refractivity contribution in [2.45, 2.75) is 31.2 Å². The summed E-state index contributed by atoms with van der Waals surface area (Å²) in [6.45, 7) is 4.46. The Bertz CT molecular complexity index is 843. The second kappa shape index (κ2) is 6.37. The third-order valence-corrected chi connectivity index (χ3v) is 5.56. The van der Waals surface area contributed by atoms with E-state index in [-0.39, 0.29) is 10.8 Å². The zero-order valence-electron chi connectivity index (χ0n) is 13.7. The largest absolute Gasteiger partial charge is 0.311 e. The minimum atomic E-state index is -3.70. The van der Waals surface area contributed by atoms with Crippen molar-refractivity contribution in [3.8, 4) is 0 Å². The van der Waals surface area contributed by atoms with Crippen LogP contribution in [-0.4, -0.2) is 26.9 Å². The van der Waals surface area contributed by atoms with Gasteiger partial charge in [-0.25, -0.2) is 8.42 Å². The van der Waals surface area contributed by atoms with Crippen LogP contribution in [0, 0.1) is 13.8 Å². The van der Waals surface area contributed by atoms with Crippen molar-refractivity contribution in [1.82, 2.24) is 4.72 Å². The standard InChI is InChI=1S/C18H20N2O3S/c1-13-10-14(2)12-15(11-13)20-9-8-17(18(20)21)19-24(22,23)16-6-4-3-5-7-16/h3-7,10-12,17,19H,8-9H2,1-2H3/t17-/m1/s1. The van der Waals surface area contributed by atoms with E-state index in [2.05, 4.69) is 4.72 Å². The van der Waals surface area contributed by atoms with Crippen LogP contribution in [-0.2, 0) is 14.8 Å². The van der Waals surface area contributed by atoms with Crippen molar-refractivity contribution < 1.29 is 13.2 Å². The maximum absolute atomic E-state index is 12.6. The number of hydrogen-bond donors (Lipinski definition) is 1. The Labute approximate surface area is 142 Å². The van der Waals surface area contributed by atoms with Gasteiger partial charge in [-0.1, -0.05) is 24.3 Å². The maximum atomic E-state index is 12.6. The predicted molar refractivity (Wildman–Crippen MR) is 93.4 cm³/mol. The van der Waals surface area contributed by atoms with E-state index in [1.54, 1.807) is 23.1 Å². The van der Waals surface area contributed by atoms with Gasteiger partial charge in [0.2, 0.25) is 15.9 Å². The first-order valence-electron chi connectivity index (χ1n) is 7.84. The lowest BCUT2D eigenvalue weighted by molar-refractivity contribution is -0.118. The van der Waals surface area contributed by atoms with Crippen LogP contribution in [0.4, 0.5) is 5.69 Å². The third kappa shape index (κ3) is 3.34.